The molecule has 0 saturated heterocycles. The summed E-state index contributed by atoms with van der Waals surface area (Å²) in [6, 6.07) is 7.85. The molecule has 1 aromatic carbocycles. The number of nitrogens with one attached hydrogen (secondary N) is 1. The average Bonchev–Trinajstić information content (AvgIpc) is 2.96. The summed E-state index contributed by atoms with van der Waals surface area (Å²) in [4.78, 5) is 16.5. The van der Waals surface area contributed by atoms with E-state index in [2.05, 4.69) is 16.4 Å². The molecule has 0 fully saturated rings. The van der Waals surface area contributed by atoms with E-state index in [1.165, 1.54) is 5.56 Å². The van der Waals surface area contributed by atoms with Gasteiger partial charge in [-0.3, -0.25) is 9.78 Å². The minimum absolute atomic E-state index is 0.00118. The summed E-state index contributed by atoms with van der Waals surface area (Å²) < 4.78 is 5.62. The molecule has 0 spiro atoms. The van der Waals surface area contributed by atoms with Crippen LogP contribution in [-0.4, -0.2) is 24.0 Å². The van der Waals surface area contributed by atoms with Crippen LogP contribution in [0.15, 0.2) is 30.5 Å². The molecule has 2 aliphatic heterocycles. The third-order valence-corrected chi connectivity index (χ3v) is 3.96. The van der Waals surface area contributed by atoms with Crippen LogP contribution in [0.4, 0.5) is 0 Å². The number of carbonyl (C=O) groups is 1. The Kier molecular flexibility index (Phi) is 2.49. The number of aromatic nitrogens is 1. The smallest absolute Gasteiger partial charge is 0.251 e. The molecule has 4 rings (SSSR count). The number of pyridine rings is 1. The molecule has 100 valence electrons. The van der Waals surface area contributed by atoms with E-state index in [9.17, 15) is 4.79 Å². The van der Waals surface area contributed by atoms with Gasteiger partial charge in [-0.25, -0.2) is 0 Å². The normalized spacial score (nSPS) is 16.1. The van der Waals surface area contributed by atoms with E-state index in [1.807, 2.05) is 12.1 Å². The predicted octanol–water partition coefficient (Wildman–Crippen LogP) is 1.97. The highest BCUT2D eigenvalue weighted by Crippen LogP contribution is 2.36. The van der Waals surface area contributed by atoms with Gasteiger partial charge in [-0.2, -0.15) is 0 Å². The lowest BCUT2D eigenvalue weighted by molar-refractivity contribution is 0.0946. The van der Waals surface area contributed by atoms with E-state index in [-0.39, 0.29) is 5.91 Å². The monoisotopic (exact) mass is 266 g/mol. The summed E-state index contributed by atoms with van der Waals surface area (Å²) >= 11 is 0. The Labute approximate surface area is 116 Å². The zero-order valence-electron chi connectivity index (χ0n) is 11.0. The third kappa shape index (κ3) is 1.61. The Balaban J connectivity index is 1.94. The molecule has 4 heteroatoms. The topological polar surface area (TPSA) is 51.2 Å². The Morgan fingerprint density at radius 2 is 2.05 bits per heavy atom. The molecule has 2 aromatic rings. The second-order valence-corrected chi connectivity index (χ2v) is 5.07. The van der Waals surface area contributed by atoms with Crippen LogP contribution in [0.2, 0.25) is 0 Å². The molecule has 1 N–H and O–H groups in total. The lowest BCUT2D eigenvalue weighted by Gasteiger charge is -2.19. The lowest BCUT2D eigenvalue weighted by atomic mass is 9.92. The highest BCUT2D eigenvalue weighted by atomic mass is 16.5. The van der Waals surface area contributed by atoms with Gasteiger partial charge in [-0.1, -0.05) is 12.1 Å². The number of amides is 1. The zero-order chi connectivity index (χ0) is 13.5. The van der Waals surface area contributed by atoms with Crippen LogP contribution in [0.25, 0.3) is 11.3 Å². The largest absolute Gasteiger partial charge is 0.493 e. The second-order valence-electron chi connectivity index (χ2n) is 5.07. The first kappa shape index (κ1) is 11.5. The van der Waals surface area contributed by atoms with Gasteiger partial charge in [0.1, 0.15) is 5.75 Å². The number of hydrogen-bond donors (Lipinski definition) is 1. The molecule has 1 amide bonds. The first-order chi connectivity index (χ1) is 9.84. The van der Waals surface area contributed by atoms with E-state index in [0.717, 1.165) is 47.6 Å². The highest BCUT2D eigenvalue weighted by Gasteiger charge is 2.24. The molecule has 0 atom stereocenters. The van der Waals surface area contributed by atoms with E-state index in [0.29, 0.717) is 6.54 Å². The maximum absolute atomic E-state index is 11.9. The van der Waals surface area contributed by atoms with E-state index < -0.39 is 0 Å². The summed E-state index contributed by atoms with van der Waals surface area (Å²) in [6.45, 7) is 1.40. The summed E-state index contributed by atoms with van der Waals surface area (Å²) in [6.07, 6.45) is 3.45. The summed E-state index contributed by atoms with van der Waals surface area (Å²) in [5.74, 6) is 0.945. The van der Waals surface area contributed by atoms with Gasteiger partial charge in [-0.15, -0.1) is 0 Å². The predicted molar refractivity (Wildman–Crippen MR) is 74.9 cm³/mol. The van der Waals surface area contributed by atoms with Crippen molar-refractivity contribution in [2.45, 2.75) is 12.8 Å². The van der Waals surface area contributed by atoms with Crippen molar-refractivity contribution in [1.29, 1.82) is 0 Å². The number of carbonyl (C=O) groups excluding carboxylic acids is 1. The van der Waals surface area contributed by atoms with Crippen molar-refractivity contribution in [3.05, 3.63) is 47.2 Å². The van der Waals surface area contributed by atoms with Crippen molar-refractivity contribution in [2.24, 2.45) is 0 Å². The second kappa shape index (κ2) is 4.34. The number of nitrogens with zero attached hydrogens (tertiary/aromatic N) is 1. The van der Waals surface area contributed by atoms with Crippen molar-refractivity contribution in [3.63, 3.8) is 0 Å². The van der Waals surface area contributed by atoms with Gasteiger partial charge < -0.3 is 10.1 Å². The standard InChI is InChI=1S/C16H14N2O2/c19-16-13-5-7-17-15(12(13)4-8-18-16)11-2-1-3-14-10(11)6-9-20-14/h1-3,5,7H,4,6,8-9H2,(H,18,19). The van der Waals surface area contributed by atoms with Crippen LogP contribution in [0.3, 0.4) is 0 Å². The Bertz CT molecular complexity index is 710. The molecule has 0 bridgehead atoms. The van der Waals surface area contributed by atoms with Crippen molar-refractivity contribution in [1.82, 2.24) is 10.3 Å². The van der Waals surface area contributed by atoms with Gasteiger partial charge in [-0.05, 0) is 24.1 Å². The molecular formula is C16H14N2O2. The highest BCUT2D eigenvalue weighted by molar-refractivity contribution is 5.98. The Hall–Kier alpha value is -2.36. The fraction of sp³-hybridized carbons (Fsp3) is 0.250. The first-order valence-electron chi connectivity index (χ1n) is 6.86. The van der Waals surface area contributed by atoms with Crippen molar-refractivity contribution in [2.75, 3.05) is 13.2 Å². The van der Waals surface area contributed by atoms with Crippen LogP contribution >= 0.6 is 0 Å². The molecule has 0 unspecified atom stereocenters. The van der Waals surface area contributed by atoms with Gasteiger partial charge in [0.25, 0.3) is 5.91 Å². The van der Waals surface area contributed by atoms with Crippen LogP contribution in [0.5, 0.6) is 5.75 Å². The number of ether oxygens (including phenoxy) is 1. The molecule has 0 saturated carbocycles. The summed E-state index contributed by atoms with van der Waals surface area (Å²) in [7, 11) is 0. The van der Waals surface area contributed by atoms with Crippen molar-refractivity contribution < 1.29 is 9.53 Å². The maximum atomic E-state index is 11.9. The lowest BCUT2D eigenvalue weighted by Crippen LogP contribution is -2.32. The number of benzene rings is 1. The number of rotatable bonds is 1. The van der Waals surface area contributed by atoms with Gasteiger partial charge in [0, 0.05) is 35.9 Å². The molecule has 2 aliphatic rings. The molecule has 1 aromatic heterocycles. The Morgan fingerprint density at radius 3 is 3.00 bits per heavy atom. The molecule has 0 radical (unpaired) electrons. The zero-order valence-corrected chi connectivity index (χ0v) is 11.0. The Morgan fingerprint density at radius 1 is 1.10 bits per heavy atom. The summed E-state index contributed by atoms with van der Waals surface area (Å²) in [5, 5.41) is 2.88. The van der Waals surface area contributed by atoms with Gasteiger partial charge in [0.15, 0.2) is 0 Å². The number of hydrogen-bond acceptors (Lipinski definition) is 3. The van der Waals surface area contributed by atoms with Crippen molar-refractivity contribution >= 4 is 5.91 Å². The van der Waals surface area contributed by atoms with Crippen molar-refractivity contribution in [3.8, 4) is 17.0 Å². The molecular weight excluding hydrogens is 252 g/mol. The minimum atomic E-state index is -0.00118. The first-order valence-corrected chi connectivity index (χ1v) is 6.86. The third-order valence-electron chi connectivity index (χ3n) is 3.96. The SMILES string of the molecule is O=C1NCCc2c1ccnc2-c1cccc2c1CCO2. The molecule has 0 aliphatic carbocycles. The van der Waals surface area contributed by atoms with Crippen LogP contribution in [0, 0.1) is 0 Å². The molecule has 3 heterocycles. The molecule has 4 nitrogen and oxygen atoms in total. The quantitative estimate of drug-likeness (QED) is 0.858. The van der Waals surface area contributed by atoms with E-state index in [1.54, 1.807) is 12.3 Å². The van der Waals surface area contributed by atoms with Gasteiger partial charge >= 0.3 is 0 Å². The van der Waals surface area contributed by atoms with Crippen LogP contribution in [-0.2, 0) is 12.8 Å². The maximum Gasteiger partial charge on any atom is 0.251 e. The van der Waals surface area contributed by atoms with Gasteiger partial charge in [0.2, 0.25) is 0 Å². The minimum Gasteiger partial charge on any atom is -0.493 e. The van der Waals surface area contributed by atoms with Crippen LogP contribution in [0.1, 0.15) is 21.5 Å². The number of fused-ring (bicyclic) bond motifs is 2. The van der Waals surface area contributed by atoms with Crippen LogP contribution < -0.4 is 10.1 Å². The fourth-order valence-corrected chi connectivity index (χ4v) is 3.03. The fourth-order valence-electron chi connectivity index (χ4n) is 3.03. The summed E-state index contributed by atoms with van der Waals surface area (Å²) in [5.41, 5.74) is 5.04. The average molecular weight is 266 g/mol. The van der Waals surface area contributed by atoms with E-state index in [4.69, 9.17) is 4.74 Å². The molecule has 20 heavy (non-hydrogen) atoms. The van der Waals surface area contributed by atoms with Gasteiger partial charge in [0.05, 0.1) is 12.3 Å². The van der Waals surface area contributed by atoms with E-state index >= 15 is 0 Å².